The smallest absolute Gasteiger partial charge is 0.251 e. The van der Waals surface area contributed by atoms with Crippen LogP contribution in [0.4, 0.5) is 0 Å². The fourth-order valence-corrected chi connectivity index (χ4v) is 3.39. The molecule has 3 rings (SSSR count). The van der Waals surface area contributed by atoms with Crippen molar-refractivity contribution in [2.45, 2.75) is 25.3 Å². The zero-order valence-corrected chi connectivity index (χ0v) is 15.4. The number of alkyl halides is 1. The van der Waals surface area contributed by atoms with Crippen molar-refractivity contribution in [3.63, 3.8) is 0 Å². The Morgan fingerprint density at radius 3 is 2.19 bits per heavy atom. The van der Waals surface area contributed by atoms with Gasteiger partial charge in [-0.3, -0.25) is 9.59 Å². The molecule has 1 heterocycles. The van der Waals surface area contributed by atoms with Gasteiger partial charge in [0, 0.05) is 37.0 Å². The highest BCUT2D eigenvalue weighted by Gasteiger charge is 2.23. The van der Waals surface area contributed by atoms with Crippen molar-refractivity contribution in [3.05, 3.63) is 60.2 Å². The van der Waals surface area contributed by atoms with Crippen LogP contribution >= 0.6 is 11.6 Å². The van der Waals surface area contributed by atoms with Crippen molar-refractivity contribution in [1.82, 2.24) is 10.2 Å². The highest BCUT2D eigenvalue weighted by Crippen LogP contribution is 2.19. The first-order chi connectivity index (χ1) is 12.7. The third-order valence-corrected chi connectivity index (χ3v) is 4.93. The molecule has 1 N–H and O–H groups in total. The first-order valence-electron chi connectivity index (χ1n) is 8.97. The van der Waals surface area contributed by atoms with E-state index >= 15 is 0 Å². The van der Waals surface area contributed by atoms with Gasteiger partial charge in [-0.25, -0.2) is 0 Å². The van der Waals surface area contributed by atoms with Crippen LogP contribution in [0.2, 0.25) is 0 Å². The predicted octanol–water partition coefficient (Wildman–Crippen LogP) is 3.70. The topological polar surface area (TPSA) is 49.4 Å². The van der Waals surface area contributed by atoms with Crippen molar-refractivity contribution in [2.75, 3.05) is 19.0 Å². The van der Waals surface area contributed by atoms with E-state index in [9.17, 15) is 9.59 Å². The summed E-state index contributed by atoms with van der Waals surface area (Å²) in [6.45, 7) is 1.35. The summed E-state index contributed by atoms with van der Waals surface area (Å²) in [7, 11) is 0. The number of likely N-dealkylation sites (tertiary alicyclic amines) is 1. The first kappa shape index (κ1) is 18.5. The minimum atomic E-state index is -0.0600. The molecular formula is C21H23ClN2O2. The molecule has 1 aliphatic rings. The number of rotatable bonds is 5. The van der Waals surface area contributed by atoms with Crippen molar-refractivity contribution < 1.29 is 9.59 Å². The number of piperidine rings is 1. The largest absolute Gasteiger partial charge is 0.349 e. The van der Waals surface area contributed by atoms with Gasteiger partial charge in [0.15, 0.2) is 0 Å². The highest BCUT2D eigenvalue weighted by atomic mass is 35.5. The summed E-state index contributed by atoms with van der Waals surface area (Å²) in [5.74, 6) is 0.394. The van der Waals surface area contributed by atoms with Crippen LogP contribution in [0.25, 0.3) is 11.1 Å². The average Bonchev–Trinajstić information content (AvgIpc) is 2.69. The van der Waals surface area contributed by atoms with E-state index in [4.69, 9.17) is 11.6 Å². The quantitative estimate of drug-likeness (QED) is 0.816. The van der Waals surface area contributed by atoms with Crippen LogP contribution < -0.4 is 5.32 Å². The number of benzene rings is 2. The molecule has 0 unspecified atom stereocenters. The summed E-state index contributed by atoms with van der Waals surface area (Å²) in [5.41, 5.74) is 2.88. The summed E-state index contributed by atoms with van der Waals surface area (Å²) in [4.78, 5) is 26.2. The van der Waals surface area contributed by atoms with E-state index < -0.39 is 0 Å². The van der Waals surface area contributed by atoms with Crippen LogP contribution in [-0.4, -0.2) is 41.7 Å². The van der Waals surface area contributed by atoms with Crippen molar-refractivity contribution >= 4 is 23.4 Å². The number of nitrogens with zero attached hydrogens (tertiary/aromatic N) is 1. The Labute approximate surface area is 159 Å². The van der Waals surface area contributed by atoms with Crippen LogP contribution in [0.5, 0.6) is 0 Å². The van der Waals surface area contributed by atoms with Crippen LogP contribution in [0.3, 0.4) is 0 Å². The zero-order chi connectivity index (χ0) is 18.4. The maximum Gasteiger partial charge on any atom is 0.251 e. The number of carbonyl (C=O) groups is 2. The predicted molar refractivity (Wildman–Crippen MR) is 104 cm³/mol. The molecule has 0 saturated carbocycles. The second-order valence-electron chi connectivity index (χ2n) is 6.51. The molecule has 136 valence electrons. The summed E-state index contributed by atoms with van der Waals surface area (Å²) in [5, 5.41) is 3.08. The molecule has 2 aromatic rings. The van der Waals surface area contributed by atoms with Gasteiger partial charge in [0.25, 0.3) is 5.91 Å². The lowest BCUT2D eigenvalue weighted by Gasteiger charge is -2.32. The van der Waals surface area contributed by atoms with Gasteiger partial charge >= 0.3 is 0 Å². The van der Waals surface area contributed by atoms with Gasteiger partial charge in [-0.2, -0.15) is 0 Å². The van der Waals surface area contributed by atoms with Crippen molar-refractivity contribution in [1.29, 1.82) is 0 Å². The number of hydrogen-bond donors (Lipinski definition) is 1. The third-order valence-electron chi connectivity index (χ3n) is 4.75. The van der Waals surface area contributed by atoms with Gasteiger partial charge < -0.3 is 10.2 Å². The van der Waals surface area contributed by atoms with Crippen LogP contribution in [0.1, 0.15) is 29.6 Å². The Morgan fingerprint density at radius 1 is 0.962 bits per heavy atom. The van der Waals surface area contributed by atoms with E-state index in [-0.39, 0.29) is 17.9 Å². The fraction of sp³-hybridized carbons (Fsp3) is 0.333. The van der Waals surface area contributed by atoms with Gasteiger partial charge in [0.2, 0.25) is 5.91 Å². The second-order valence-corrected chi connectivity index (χ2v) is 6.89. The van der Waals surface area contributed by atoms with Gasteiger partial charge in [0.05, 0.1) is 0 Å². The molecule has 2 amide bonds. The van der Waals surface area contributed by atoms with Crippen molar-refractivity contribution in [2.24, 2.45) is 0 Å². The molecule has 1 aliphatic heterocycles. The van der Waals surface area contributed by atoms with E-state index in [1.165, 1.54) is 0 Å². The van der Waals surface area contributed by atoms with Crippen LogP contribution in [0, 0.1) is 0 Å². The van der Waals surface area contributed by atoms with Crippen molar-refractivity contribution in [3.8, 4) is 11.1 Å². The SMILES string of the molecule is O=C(NC1CCN(C(=O)CCCl)CC1)c1ccc(-c2ccccc2)cc1. The standard InChI is InChI=1S/C21H23ClN2O2/c22-13-10-20(25)24-14-11-19(12-15-24)23-21(26)18-8-6-17(7-9-18)16-4-2-1-3-5-16/h1-9,19H,10-15H2,(H,23,26). The Kier molecular flexibility index (Phi) is 6.29. The summed E-state index contributed by atoms with van der Waals surface area (Å²) in [6.07, 6.45) is 1.94. The molecule has 26 heavy (non-hydrogen) atoms. The lowest BCUT2D eigenvalue weighted by atomic mass is 10.0. The summed E-state index contributed by atoms with van der Waals surface area (Å²) < 4.78 is 0. The minimum Gasteiger partial charge on any atom is -0.349 e. The monoisotopic (exact) mass is 370 g/mol. The molecule has 5 heteroatoms. The van der Waals surface area contributed by atoms with Gasteiger partial charge in [-0.1, -0.05) is 42.5 Å². The maximum absolute atomic E-state index is 12.5. The molecular weight excluding hydrogens is 348 g/mol. The molecule has 1 fully saturated rings. The number of nitrogens with one attached hydrogen (secondary N) is 1. The molecule has 1 saturated heterocycles. The average molecular weight is 371 g/mol. The molecule has 0 aliphatic carbocycles. The zero-order valence-electron chi connectivity index (χ0n) is 14.7. The van der Waals surface area contributed by atoms with Gasteiger partial charge in [0.1, 0.15) is 0 Å². The van der Waals surface area contributed by atoms with E-state index in [1.54, 1.807) is 0 Å². The van der Waals surface area contributed by atoms with E-state index in [0.717, 1.165) is 24.0 Å². The maximum atomic E-state index is 12.5. The molecule has 0 radical (unpaired) electrons. The summed E-state index contributed by atoms with van der Waals surface area (Å²) >= 11 is 5.63. The lowest BCUT2D eigenvalue weighted by Crippen LogP contribution is -2.46. The highest BCUT2D eigenvalue weighted by molar-refractivity contribution is 6.18. The first-order valence-corrected chi connectivity index (χ1v) is 9.51. The van der Waals surface area contributed by atoms with E-state index in [0.29, 0.717) is 31.0 Å². The Morgan fingerprint density at radius 2 is 1.58 bits per heavy atom. The van der Waals surface area contributed by atoms with Crippen LogP contribution in [0.15, 0.2) is 54.6 Å². The minimum absolute atomic E-state index is 0.0600. The number of carbonyl (C=O) groups excluding carboxylic acids is 2. The third kappa shape index (κ3) is 4.64. The van der Waals surface area contributed by atoms with E-state index in [1.807, 2.05) is 59.5 Å². The van der Waals surface area contributed by atoms with E-state index in [2.05, 4.69) is 5.32 Å². The number of halogens is 1. The number of amides is 2. The fourth-order valence-electron chi connectivity index (χ4n) is 3.23. The number of hydrogen-bond acceptors (Lipinski definition) is 2. The Bertz CT molecular complexity index is 738. The Hall–Kier alpha value is -2.33. The molecule has 2 aromatic carbocycles. The molecule has 4 nitrogen and oxygen atoms in total. The molecule has 0 atom stereocenters. The summed E-state index contributed by atoms with van der Waals surface area (Å²) in [6, 6.07) is 17.8. The Balaban J connectivity index is 1.53. The second kappa shape index (κ2) is 8.86. The van der Waals surface area contributed by atoms with Crippen LogP contribution in [-0.2, 0) is 4.79 Å². The van der Waals surface area contributed by atoms with Gasteiger partial charge in [-0.05, 0) is 36.1 Å². The van der Waals surface area contributed by atoms with Gasteiger partial charge in [-0.15, -0.1) is 11.6 Å². The lowest BCUT2D eigenvalue weighted by molar-refractivity contribution is -0.131. The molecule has 0 bridgehead atoms. The molecule has 0 spiro atoms. The molecule has 0 aromatic heterocycles. The normalized spacial score (nSPS) is 14.9.